The van der Waals surface area contributed by atoms with E-state index in [4.69, 9.17) is 4.74 Å². The molecule has 2 fully saturated rings. The van der Waals surface area contributed by atoms with Crippen molar-refractivity contribution in [1.82, 2.24) is 14.2 Å². The summed E-state index contributed by atoms with van der Waals surface area (Å²) in [4.78, 5) is 15.2. The number of aryl methyl sites for hydroxylation is 1. The van der Waals surface area contributed by atoms with E-state index in [1.807, 2.05) is 54.6 Å². The van der Waals surface area contributed by atoms with E-state index in [-0.39, 0.29) is 28.4 Å². The molecule has 36 heavy (non-hydrogen) atoms. The maximum Gasteiger partial charge on any atom is 0.240 e. The van der Waals surface area contributed by atoms with Crippen LogP contribution in [0.3, 0.4) is 0 Å². The molecule has 1 aliphatic carbocycles. The average molecular weight is 510 g/mol. The number of nitrogens with zero attached hydrogens (tertiary/aromatic N) is 2. The number of ether oxygens (including phenoxy) is 1. The second-order valence-electron chi connectivity index (χ2n) is 10.7. The van der Waals surface area contributed by atoms with E-state index in [9.17, 15) is 13.2 Å². The molecule has 0 radical (unpaired) electrons. The molecule has 2 aliphatic rings. The van der Waals surface area contributed by atoms with Gasteiger partial charge in [0.15, 0.2) is 0 Å². The standard InChI is InChI=1S/C28H35N3O4S/c1-28(2)19-31(15-16-35-28)27(32)21-9-12-23(13-10-21)29-36(33,34)24-14-11-22-17-25(30(3)26(22)18-24)20-7-5-4-6-8-20/h4-8,11,14,17-18,21,23,29H,9-10,12-13,15-16,19H2,1-3H3/t21-,23-. The van der Waals surface area contributed by atoms with E-state index in [0.717, 1.165) is 22.2 Å². The molecule has 0 bridgehead atoms. The van der Waals surface area contributed by atoms with Crippen molar-refractivity contribution in [1.29, 1.82) is 0 Å². The predicted molar refractivity (Wildman–Crippen MR) is 141 cm³/mol. The normalized spacial score (nSPS) is 22.6. The Morgan fingerprint density at radius 2 is 1.75 bits per heavy atom. The Morgan fingerprint density at radius 3 is 2.44 bits per heavy atom. The highest BCUT2D eigenvalue weighted by atomic mass is 32.2. The van der Waals surface area contributed by atoms with E-state index in [0.29, 0.717) is 45.4 Å². The number of morpholine rings is 1. The third-order valence-electron chi connectivity index (χ3n) is 7.53. The smallest absolute Gasteiger partial charge is 0.240 e. The number of carbonyl (C=O) groups is 1. The Morgan fingerprint density at radius 1 is 1.03 bits per heavy atom. The maximum atomic E-state index is 13.3. The van der Waals surface area contributed by atoms with Crippen LogP contribution in [-0.2, 0) is 26.6 Å². The van der Waals surface area contributed by atoms with Gasteiger partial charge in [-0.3, -0.25) is 4.79 Å². The Bertz CT molecular complexity index is 1360. The van der Waals surface area contributed by atoms with Gasteiger partial charge in [-0.25, -0.2) is 13.1 Å². The zero-order valence-corrected chi connectivity index (χ0v) is 22.1. The maximum absolute atomic E-state index is 13.3. The largest absolute Gasteiger partial charge is 0.372 e. The number of rotatable bonds is 5. The van der Waals surface area contributed by atoms with Crippen molar-refractivity contribution in [2.45, 2.75) is 56.1 Å². The monoisotopic (exact) mass is 509 g/mol. The van der Waals surface area contributed by atoms with E-state index in [1.54, 1.807) is 12.1 Å². The molecule has 0 spiro atoms. The molecule has 8 heteroatoms. The molecule has 5 rings (SSSR count). The molecular weight excluding hydrogens is 474 g/mol. The first kappa shape index (κ1) is 25.0. The first-order chi connectivity index (χ1) is 17.1. The van der Waals surface area contributed by atoms with Crippen molar-refractivity contribution in [2.75, 3.05) is 19.7 Å². The number of hydrogen-bond donors (Lipinski definition) is 1. The summed E-state index contributed by atoms with van der Waals surface area (Å²) in [5, 5.41) is 1.00. The van der Waals surface area contributed by atoms with E-state index in [1.165, 1.54) is 0 Å². The van der Waals surface area contributed by atoms with Crippen LogP contribution < -0.4 is 4.72 Å². The summed E-state index contributed by atoms with van der Waals surface area (Å²) in [6, 6.07) is 17.3. The highest BCUT2D eigenvalue weighted by molar-refractivity contribution is 7.89. The van der Waals surface area contributed by atoms with Crippen molar-refractivity contribution in [3.63, 3.8) is 0 Å². The van der Waals surface area contributed by atoms with Crippen LogP contribution in [0.25, 0.3) is 22.2 Å². The number of sulfonamides is 1. The molecule has 192 valence electrons. The number of nitrogens with one attached hydrogen (secondary N) is 1. The molecule has 3 aromatic rings. The van der Waals surface area contributed by atoms with Gasteiger partial charge >= 0.3 is 0 Å². The van der Waals surface area contributed by atoms with Crippen LogP contribution in [-0.4, -0.2) is 55.1 Å². The summed E-state index contributed by atoms with van der Waals surface area (Å²) in [5.41, 5.74) is 2.69. The number of amides is 1. The Hall–Kier alpha value is -2.68. The fraction of sp³-hybridized carbons (Fsp3) is 0.464. The molecule has 1 N–H and O–H groups in total. The SMILES string of the molecule is Cn1c(-c2ccccc2)cc2ccc(S(=O)(=O)N[C@H]3CC[C@H](C(=O)N4CCOC(C)(C)C4)CC3)cc21. The number of carbonyl (C=O) groups excluding carboxylic acids is 1. The molecule has 2 aromatic carbocycles. The summed E-state index contributed by atoms with van der Waals surface area (Å²) >= 11 is 0. The molecule has 7 nitrogen and oxygen atoms in total. The van der Waals surface area contributed by atoms with Crippen LogP contribution in [0, 0.1) is 5.92 Å². The minimum atomic E-state index is -3.67. The van der Waals surface area contributed by atoms with Gasteiger partial charge in [0.1, 0.15) is 0 Å². The quantitative estimate of drug-likeness (QED) is 0.556. The van der Waals surface area contributed by atoms with Crippen LogP contribution in [0.1, 0.15) is 39.5 Å². The summed E-state index contributed by atoms with van der Waals surface area (Å²) in [6.07, 6.45) is 2.71. The third kappa shape index (κ3) is 5.08. The molecule has 0 atom stereocenters. The Kier molecular flexibility index (Phi) is 6.70. The second-order valence-corrected chi connectivity index (χ2v) is 12.4. The molecule has 1 saturated carbocycles. The van der Waals surface area contributed by atoms with Gasteiger partial charge in [-0.15, -0.1) is 0 Å². The van der Waals surface area contributed by atoms with Gasteiger partial charge in [0.05, 0.1) is 17.1 Å². The molecule has 1 saturated heterocycles. The fourth-order valence-corrected chi connectivity index (χ4v) is 6.90. The van der Waals surface area contributed by atoms with Gasteiger partial charge in [0, 0.05) is 48.7 Å². The number of hydrogen-bond acceptors (Lipinski definition) is 4. The first-order valence-electron chi connectivity index (χ1n) is 12.7. The van der Waals surface area contributed by atoms with Crippen molar-refractivity contribution >= 4 is 26.8 Å². The molecule has 1 aliphatic heterocycles. The van der Waals surface area contributed by atoms with Gasteiger partial charge in [0.2, 0.25) is 15.9 Å². The van der Waals surface area contributed by atoms with Crippen LogP contribution >= 0.6 is 0 Å². The summed E-state index contributed by atoms with van der Waals surface area (Å²) < 4.78 is 37.2. The number of benzene rings is 2. The molecule has 1 aromatic heterocycles. The zero-order valence-electron chi connectivity index (χ0n) is 21.2. The van der Waals surface area contributed by atoms with Crippen LogP contribution in [0.15, 0.2) is 59.5 Å². The lowest BCUT2D eigenvalue weighted by atomic mass is 9.85. The highest BCUT2D eigenvalue weighted by Crippen LogP contribution is 2.31. The van der Waals surface area contributed by atoms with Gasteiger partial charge in [-0.2, -0.15) is 0 Å². The molecule has 0 unspecified atom stereocenters. The van der Waals surface area contributed by atoms with Crippen LogP contribution in [0.2, 0.25) is 0 Å². The number of fused-ring (bicyclic) bond motifs is 1. The fourth-order valence-electron chi connectivity index (χ4n) is 5.57. The second kappa shape index (κ2) is 9.65. The zero-order chi connectivity index (χ0) is 25.5. The first-order valence-corrected chi connectivity index (χ1v) is 14.2. The Labute approximate surface area is 213 Å². The van der Waals surface area contributed by atoms with E-state index in [2.05, 4.69) is 22.9 Å². The summed E-state index contributed by atoms with van der Waals surface area (Å²) in [6.45, 7) is 5.81. The van der Waals surface area contributed by atoms with Crippen molar-refractivity contribution in [3.05, 3.63) is 54.6 Å². The Balaban J connectivity index is 1.25. The highest BCUT2D eigenvalue weighted by Gasteiger charge is 2.35. The van der Waals surface area contributed by atoms with Gasteiger partial charge < -0.3 is 14.2 Å². The molecule has 1 amide bonds. The lowest BCUT2D eigenvalue weighted by Gasteiger charge is -2.40. The van der Waals surface area contributed by atoms with Crippen LogP contribution in [0.5, 0.6) is 0 Å². The topological polar surface area (TPSA) is 80.6 Å². The third-order valence-corrected chi connectivity index (χ3v) is 9.05. The summed E-state index contributed by atoms with van der Waals surface area (Å²) in [5.74, 6) is 0.131. The van der Waals surface area contributed by atoms with Crippen LogP contribution in [0.4, 0.5) is 0 Å². The summed E-state index contributed by atoms with van der Waals surface area (Å²) in [7, 11) is -1.71. The minimum absolute atomic E-state index is 0.0456. The van der Waals surface area contributed by atoms with Gasteiger partial charge in [-0.1, -0.05) is 36.4 Å². The average Bonchev–Trinajstić information content (AvgIpc) is 3.19. The predicted octanol–water partition coefficient (Wildman–Crippen LogP) is 4.32. The minimum Gasteiger partial charge on any atom is -0.372 e. The van der Waals surface area contributed by atoms with Crippen molar-refractivity contribution in [2.24, 2.45) is 13.0 Å². The van der Waals surface area contributed by atoms with E-state index < -0.39 is 10.0 Å². The lowest BCUT2D eigenvalue weighted by molar-refractivity contribution is -0.151. The lowest BCUT2D eigenvalue weighted by Crippen LogP contribution is -2.52. The van der Waals surface area contributed by atoms with Gasteiger partial charge in [-0.05, 0) is 63.3 Å². The van der Waals surface area contributed by atoms with Gasteiger partial charge in [0.25, 0.3) is 0 Å². The molecule has 2 heterocycles. The van der Waals surface area contributed by atoms with E-state index >= 15 is 0 Å². The number of aromatic nitrogens is 1. The van der Waals surface area contributed by atoms with Crippen molar-refractivity contribution in [3.8, 4) is 11.3 Å². The van der Waals surface area contributed by atoms with Crippen molar-refractivity contribution < 1.29 is 17.9 Å². The molecular formula is C28H35N3O4S.